The van der Waals surface area contributed by atoms with E-state index in [1.807, 2.05) is 6.07 Å². The van der Waals surface area contributed by atoms with Gasteiger partial charge in [0.05, 0.1) is 0 Å². The Kier molecular flexibility index (Phi) is 9.32. The summed E-state index contributed by atoms with van der Waals surface area (Å²) in [5.41, 5.74) is 9.26. The van der Waals surface area contributed by atoms with E-state index < -0.39 is 0 Å². The van der Waals surface area contributed by atoms with Crippen molar-refractivity contribution in [3.8, 4) is 0 Å². The van der Waals surface area contributed by atoms with Crippen LogP contribution in [0.5, 0.6) is 0 Å². The number of carbonyl (C=O) groups is 1. The molecule has 4 heteroatoms. The summed E-state index contributed by atoms with van der Waals surface area (Å²) < 4.78 is 0. The van der Waals surface area contributed by atoms with Gasteiger partial charge in [0.2, 0.25) is 5.91 Å². The summed E-state index contributed by atoms with van der Waals surface area (Å²) in [6.07, 6.45) is 9.13. The van der Waals surface area contributed by atoms with Crippen LogP contribution in [0, 0.1) is 18.8 Å². The fourth-order valence-electron chi connectivity index (χ4n) is 6.24. The number of hydrogen-bond donors (Lipinski definition) is 2. The summed E-state index contributed by atoms with van der Waals surface area (Å²) in [5.74, 6) is 1.75. The van der Waals surface area contributed by atoms with Gasteiger partial charge in [-0.05, 0) is 104 Å². The Morgan fingerprint density at radius 2 is 1.73 bits per heavy atom. The van der Waals surface area contributed by atoms with Crippen LogP contribution in [-0.2, 0) is 24.1 Å². The lowest BCUT2D eigenvalue weighted by atomic mass is 9.85. The summed E-state index contributed by atoms with van der Waals surface area (Å²) in [6.45, 7) is 6.84. The molecule has 2 unspecified atom stereocenters. The smallest absolute Gasteiger partial charge is 0.216 e. The van der Waals surface area contributed by atoms with Crippen LogP contribution in [0.4, 0.5) is 0 Å². The molecule has 1 saturated carbocycles. The van der Waals surface area contributed by atoms with E-state index in [0.29, 0.717) is 5.92 Å². The second-order valence-electron chi connectivity index (χ2n) is 11.9. The van der Waals surface area contributed by atoms with Crippen LogP contribution in [0.2, 0.25) is 5.02 Å². The van der Waals surface area contributed by atoms with Crippen LogP contribution in [0.1, 0.15) is 85.4 Å². The van der Waals surface area contributed by atoms with Gasteiger partial charge >= 0.3 is 0 Å². The van der Waals surface area contributed by atoms with Crippen molar-refractivity contribution in [1.82, 2.24) is 10.3 Å². The van der Waals surface area contributed by atoms with Gasteiger partial charge in [0.1, 0.15) is 0 Å². The van der Waals surface area contributed by atoms with Crippen LogP contribution >= 0.6 is 11.6 Å². The first-order valence-corrected chi connectivity index (χ1v) is 15.5. The summed E-state index contributed by atoms with van der Waals surface area (Å²) in [6, 6.07) is 24.5. The minimum absolute atomic E-state index is 0.0848. The number of rotatable bonds is 13. The number of carbonyl (C=O) groups excluding carboxylic acids is 1. The molecule has 1 aliphatic carbocycles. The minimum Gasteiger partial charge on any atom is -0.358 e. The molecule has 1 aromatic heterocycles. The zero-order valence-corrected chi connectivity index (χ0v) is 25.0. The number of benzene rings is 3. The zero-order valence-electron chi connectivity index (χ0n) is 24.2. The first-order valence-electron chi connectivity index (χ1n) is 15.1. The molecule has 40 heavy (non-hydrogen) atoms. The van der Waals surface area contributed by atoms with Crippen molar-refractivity contribution in [2.24, 2.45) is 11.8 Å². The molecule has 3 aromatic carbocycles. The third kappa shape index (κ3) is 7.18. The van der Waals surface area contributed by atoms with Crippen molar-refractivity contribution in [1.29, 1.82) is 0 Å². The first-order chi connectivity index (χ1) is 19.4. The van der Waals surface area contributed by atoms with Crippen molar-refractivity contribution >= 4 is 28.4 Å². The van der Waals surface area contributed by atoms with Crippen LogP contribution in [0.15, 0.2) is 66.7 Å². The Labute approximate surface area is 244 Å². The van der Waals surface area contributed by atoms with E-state index in [1.165, 1.54) is 58.2 Å². The monoisotopic (exact) mass is 554 g/mol. The normalized spacial score (nSPS) is 14.8. The Morgan fingerprint density at radius 1 is 1.00 bits per heavy atom. The molecule has 210 valence electrons. The van der Waals surface area contributed by atoms with Crippen molar-refractivity contribution < 1.29 is 4.79 Å². The molecule has 3 nitrogen and oxygen atoms in total. The molecule has 4 aromatic rings. The molecule has 1 fully saturated rings. The SMILES string of the molecule is CCCc1c(C(Cc2ccc(C)cc2)c2ccc(CCCC(CNC(C)=O)C3CC3)cc2)[nH]c2ccc(Cl)cc12. The third-order valence-corrected chi connectivity index (χ3v) is 8.87. The van der Waals surface area contributed by atoms with Gasteiger partial charge in [-0.25, -0.2) is 0 Å². The van der Waals surface area contributed by atoms with Crippen molar-refractivity contribution in [3.05, 3.63) is 105 Å². The highest BCUT2D eigenvalue weighted by molar-refractivity contribution is 6.31. The molecule has 0 aliphatic heterocycles. The molecular formula is C36H43ClN2O. The highest BCUT2D eigenvalue weighted by Crippen LogP contribution is 2.39. The summed E-state index contributed by atoms with van der Waals surface area (Å²) in [4.78, 5) is 15.2. The number of nitrogens with one attached hydrogen (secondary N) is 2. The van der Waals surface area contributed by atoms with Gasteiger partial charge in [0.15, 0.2) is 0 Å². The molecule has 1 heterocycles. The van der Waals surface area contributed by atoms with E-state index in [2.05, 4.69) is 84.8 Å². The van der Waals surface area contributed by atoms with Crippen LogP contribution in [0.3, 0.4) is 0 Å². The fraction of sp³-hybridized carbons (Fsp3) is 0.417. The van der Waals surface area contributed by atoms with Gasteiger partial charge in [-0.1, -0.05) is 79.0 Å². The Morgan fingerprint density at radius 3 is 2.40 bits per heavy atom. The van der Waals surface area contributed by atoms with Crippen LogP contribution in [0.25, 0.3) is 10.9 Å². The maximum Gasteiger partial charge on any atom is 0.216 e. The zero-order chi connectivity index (χ0) is 28.1. The highest BCUT2D eigenvalue weighted by Gasteiger charge is 2.30. The third-order valence-electron chi connectivity index (χ3n) is 8.63. The van der Waals surface area contributed by atoms with E-state index in [9.17, 15) is 4.79 Å². The number of H-pyrrole nitrogens is 1. The lowest BCUT2D eigenvalue weighted by Crippen LogP contribution is -2.28. The van der Waals surface area contributed by atoms with Gasteiger partial charge in [0.25, 0.3) is 0 Å². The number of aryl methyl sites for hydroxylation is 3. The largest absolute Gasteiger partial charge is 0.358 e. The van der Waals surface area contributed by atoms with Gasteiger partial charge in [-0.15, -0.1) is 0 Å². The van der Waals surface area contributed by atoms with E-state index in [4.69, 9.17) is 11.6 Å². The maximum atomic E-state index is 11.4. The summed E-state index contributed by atoms with van der Waals surface area (Å²) in [7, 11) is 0. The van der Waals surface area contributed by atoms with E-state index in [0.717, 1.165) is 55.1 Å². The topological polar surface area (TPSA) is 44.9 Å². The standard InChI is InChI=1S/C36H43ClN2O/c1-4-6-32-34-22-31(37)19-20-35(34)39-36(32)33(21-27-11-9-24(2)10-12-27)29-15-13-26(14-16-29)7-5-8-30(28-17-18-28)23-38-25(3)40/h9-16,19-20,22,28,30,33,39H,4-8,17-18,21,23H2,1-3H3,(H,38,40). The number of halogens is 1. The molecule has 1 amide bonds. The molecule has 0 spiro atoms. The number of fused-ring (bicyclic) bond motifs is 1. The van der Waals surface area contributed by atoms with Crippen LogP contribution < -0.4 is 5.32 Å². The Bertz CT molecular complexity index is 1420. The molecule has 2 atom stereocenters. The van der Waals surface area contributed by atoms with Crippen molar-refractivity contribution in [2.45, 2.75) is 78.1 Å². The number of aromatic nitrogens is 1. The van der Waals surface area contributed by atoms with E-state index >= 15 is 0 Å². The number of hydrogen-bond acceptors (Lipinski definition) is 1. The van der Waals surface area contributed by atoms with Gasteiger partial charge < -0.3 is 10.3 Å². The number of amides is 1. The second kappa shape index (κ2) is 13.1. The Hall–Kier alpha value is -3.04. The second-order valence-corrected chi connectivity index (χ2v) is 12.3. The van der Waals surface area contributed by atoms with E-state index in [-0.39, 0.29) is 11.8 Å². The molecule has 5 rings (SSSR count). The lowest BCUT2D eigenvalue weighted by Gasteiger charge is -2.20. The molecular weight excluding hydrogens is 512 g/mol. The van der Waals surface area contributed by atoms with Crippen LogP contribution in [-0.4, -0.2) is 17.4 Å². The Balaban J connectivity index is 1.38. The molecule has 2 N–H and O–H groups in total. The molecule has 0 bridgehead atoms. The molecule has 1 aliphatic rings. The van der Waals surface area contributed by atoms with Gasteiger partial charge in [-0.3, -0.25) is 4.79 Å². The van der Waals surface area contributed by atoms with E-state index in [1.54, 1.807) is 6.92 Å². The average Bonchev–Trinajstić information content (AvgIpc) is 3.73. The minimum atomic E-state index is 0.0848. The quantitative estimate of drug-likeness (QED) is 0.170. The average molecular weight is 555 g/mol. The highest BCUT2D eigenvalue weighted by atomic mass is 35.5. The summed E-state index contributed by atoms with van der Waals surface area (Å²) >= 11 is 6.44. The predicted octanol–water partition coefficient (Wildman–Crippen LogP) is 8.94. The predicted molar refractivity (Wildman–Crippen MR) is 168 cm³/mol. The van der Waals surface area contributed by atoms with Gasteiger partial charge in [-0.2, -0.15) is 0 Å². The summed E-state index contributed by atoms with van der Waals surface area (Å²) in [5, 5.41) is 5.09. The van der Waals surface area contributed by atoms with Crippen molar-refractivity contribution in [3.63, 3.8) is 0 Å². The van der Waals surface area contributed by atoms with Gasteiger partial charge in [0, 0.05) is 41.0 Å². The molecule has 0 radical (unpaired) electrons. The fourth-order valence-corrected chi connectivity index (χ4v) is 6.41. The lowest BCUT2D eigenvalue weighted by molar-refractivity contribution is -0.119. The molecule has 0 saturated heterocycles. The number of aromatic amines is 1. The van der Waals surface area contributed by atoms with Crippen molar-refractivity contribution in [2.75, 3.05) is 6.54 Å². The first kappa shape index (κ1) is 28.5. The maximum absolute atomic E-state index is 11.4.